The lowest BCUT2D eigenvalue weighted by Gasteiger charge is -2.07. The molecule has 2 rings (SSSR count). The molecule has 0 aliphatic rings. The molecule has 0 bridgehead atoms. The number of amides is 1. The molecule has 0 spiro atoms. The van der Waals surface area contributed by atoms with E-state index < -0.39 is 0 Å². The molecule has 0 unspecified atom stereocenters. The molecule has 0 radical (unpaired) electrons. The zero-order valence-electron chi connectivity index (χ0n) is 9.38. The van der Waals surface area contributed by atoms with Gasteiger partial charge >= 0.3 is 0 Å². The predicted molar refractivity (Wildman–Crippen MR) is 69.3 cm³/mol. The van der Waals surface area contributed by atoms with Crippen LogP contribution in [0.25, 0.3) is 0 Å². The van der Waals surface area contributed by atoms with Crippen LogP contribution in [-0.4, -0.2) is 21.9 Å². The van der Waals surface area contributed by atoms with Crippen molar-refractivity contribution in [3.63, 3.8) is 0 Å². The molecule has 1 aromatic heterocycles. The van der Waals surface area contributed by atoms with Gasteiger partial charge in [0.05, 0.1) is 29.3 Å². The fourth-order valence-corrected chi connectivity index (χ4v) is 2.12. The minimum Gasteiger partial charge on any atom is -0.319 e. The molecular formula is C12H10N4OS. The average molecular weight is 258 g/mol. The molecular weight excluding hydrogens is 248 g/mol. The number of benzene rings is 1. The van der Waals surface area contributed by atoms with Gasteiger partial charge in [-0.2, -0.15) is 10.4 Å². The summed E-state index contributed by atoms with van der Waals surface area (Å²) in [5, 5.41) is 17.7. The number of hydrogen-bond donors (Lipinski definition) is 2. The zero-order valence-corrected chi connectivity index (χ0v) is 10.2. The number of rotatable bonds is 4. The van der Waals surface area contributed by atoms with Gasteiger partial charge < -0.3 is 5.32 Å². The van der Waals surface area contributed by atoms with Crippen LogP contribution in [-0.2, 0) is 0 Å². The van der Waals surface area contributed by atoms with Crippen molar-refractivity contribution in [3.05, 3.63) is 42.2 Å². The monoisotopic (exact) mass is 258 g/mol. The normalized spacial score (nSPS) is 9.72. The summed E-state index contributed by atoms with van der Waals surface area (Å²) in [6, 6.07) is 9.24. The van der Waals surface area contributed by atoms with Gasteiger partial charge in [0.1, 0.15) is 0 Å². The molecule has 2 aromatic rings. The molecule has 6 heteroatoms. The van der Waals surface area contributed by atoms with Crippen molar-refractivity contribution in [2.45, 2.75) is 4.90 Å². The number of nitriles is 1. The Hall–Kier alpha value is -2.26. The number of thioether (sulfide) groups is 1. The van der Waals surface area contributed by atoms with E-state index in [1.54, 1.807) is 18.3 Å². The molecule has 2 N–H and O–H groups in total. The summed E-state index contributed by atoms with van der Waals surface area (Å²) < 4.78 is 0. The second-order valence-electron chi connectivity index (χ2n) is 3.38. The van der Waals surface area contributed by atoms with Crippen molar-refractivity contribution in [1.82, 2.24) is 10.2 Å². The number of carbonyl (C=O) groups is 1. The first-order valence-corrected chi connectivity index (χ1v) is 6.18. The first-order valence-electron chi connectivity index (χ1n) is 5.20. The van der Waals surface area contributed by atoms with E-state index in [4.69, 9.17) is 5.26 Å². The Morgan fingerprint density at radius 3 is 3.06 bits per heavy atom. The van der Waals surface area contributed by atoms with Gasteiger partial charge in [-0.15, -0.1) is 11.8 Å². The van der Waals surface area contributed by atoms with E-state index in [1.807, 2.05) is 18.2 Å². The summed E-state index contributed by atoms with van der Waals surface area (Å²) in [6.45, 7) is 0. The van der Waals surface area contributed by atoms with Gasteiger partial charge in [0.2, 0.25) is 0 Å². The SMILES string of the molecule is N#CCSc1ccccc1C(=O)Nc1cn[nH]c1. The predicted octanol–water partition coefficient (Wildman–Crippen LogP) is 2.28. The van der Waals surface area contributed by atoms with Crippen LogP contribution in [0, 0.1) is 11.3 Å². The van der Waals surface area contributed by atoms with Crippen LogP contribution >= 0.6 is 11.8 Å². The summed E-state index contributed by atoms with van der Waals surface area (Å²) in [5.74, 6) is 0.105. The second-order valence-corrected chi connectivity index (χ2v) is 4.40. The number of aromatic amines is 1. The quantitative estimate of drug-likeness (QED) is 0.824. The Morgan fingerprint density at radius 2 is 2.33 bits per heavy atom. The van der Waals surface area contributed by atoms with E-state index in [0.29, 0.717) is 17.0 Å². The second kappa shape index (κ2) is 5.89. The van der Waals surface area contributed by atoms with Crippen LogP contribution in [0.15, 0.2) is 41.6 Å². The van der Waals surface area contributed by atoms with E-state index >= 15 is 0 Å². The zero-order chi connectivity index (χ0) is 12.8. The van der Waals surface area contributed by atoms with Gasteiger partial charge in [-0.3, -0.25) is 9.89 Å². The Bertz CT molecular complexity index is 574. The average Bonchev–Trinajstić information content (AvgIpc) is 2.89. The van der Waals surface area contributed by atoms with Gasteiger partial charge in [-0.05, 0) is 12.1 Å². The molecule has 1 heterocycles. The lowest BCUT2D eigenvalue weighted by atomic mass is 10.2. The number of nitrogens with one attached hydrogen (secondary N) is 2. The van der Waals surface area contributed by atoms with Crippen LogP contribution in [0.2, 0.25) is 0 Å². The highest BCUT2D eigenvalue weighted by molar-refractivity contribution is 7.99. The smallest absolute Gasteiger partial charge is 0.256 e. The largest absolute Gasteiger partial charge is 0.319 e. The van der Waals surface area contributed by atoms with Crippen LogP contribution < -0.4 is 5.32 Å². The van der Waals surface area contributed by atoms with Crippen LogP contribution in [0.1, 0.15) is 10.4 Å². The van der Waals surface area contributed by atoms with E-state index in [1.165, 1.54) is 18.0 Å². The Morgan fingerprint density at radius 1 is 1.50 bits per heavy atom. The van der Waals surface area contributed by atoms with Gasteiger partial charge in [-0.1, -0.05) is 12.1 Å². The Kier molecular flexibility index (Phi) is 3.99. The molecule has 0 atom stereocenters. The van der Waals surface area contributed by atoms with Crippen LogP contribution in [0.5, 0.6) is 0 Å². The van der Waals surface area contributed by atoms with Crippen molar-refractivity contribution < 1.29 is 4.79 Å². The summed E-state index contributed by atoms with van der Waals surface area (Å²) in [5.41, 5.74) is 1.17. The maximum Gasteiger partial charge on any atom is 0.256 e. The lowest BCUT2D eigenvalue weighted by Crippen LogP contribution is -2.12. The topological polar surface area (TPSA) is 81.6 Å². The number of H-pyrrole nitrogens is 1. The summed E-state index contributed by atoms with van der Waals surface area (Å²) in [6.07, 6.45) is 3.13. The Balaban J connectivity index is 2.17. The first-order chi connectivity index (χ1) is 8.81. The van der Waals surface area contributed by atoms with Gasteiger partial charge in [0, 0.05) is 11.1 Å². The van der Waals surface area contributed by atoms with E-state index in [2.05, 4.69) is 15.5 Å². The maximum absolute atomic E-state index is 12.0. The number of anilines is 1. The molecule has 0 aliphatic carbocycles. The molecule has 5 nitrogen and oxygen atoms in total. The first kappa shape index (κ1) is 12.2. The van der Waals surface area contributed by atoms with Crippen molar-refractivity contribution in [1.29, 1.82) is 5.26 Å². The lowest BCUT2D eigenvalue weighted by molar-refractivity contribution is 0.102. The minimum atomic E-state index is -0.211. The Labute approximate surface area is 108 Å². The van der Waals surface area contributed by atoms with Crippen molar-refractivity contribution in [3.8, 4) is 6.07 Å². The van der Waals surface area contributed by atoms with Crippen molar-refractivity contribution >= 4 is 23.4 Å². The summed E-state index contributed by atoms with van der Waals surface area (Å²) in [7, 11) is 0. The molecule has 0 fully saturated rings. The van der Waals surface area contributed by atoms with Crippen LogP contribution in [0.4, 0.5) is 5.69 Å². The van der Waals surface area contributed by atoms with Gasteiger partial charge in [0.25, 0.3) is 5.91 Å². The third-order valence-corrected chi connectivity index (χ3v) is 3.12. The fourth-order valence-electron chi connectivity index (χ4n) is 1.41. The van der Waals surface area contributed by atoms with Crippen molar-refractivity contribution in [2.24, 2.45) is 0 Å². The number of carbonyl (C=O) groups excluding carboxylic acids is 1. The number of aromatic nitrogens is 2. The van der Waals surface area contributed by atoms with Crippen LogP contribution in [0.3, 0.4) is 0 Å². The molecule has 0 aliphatic heterocycles. The summed E-state index contributed by atoms with van der Waals surface area (Å²) >= 11 is 1.34. The molecule has 0 saturated carbocycles. The minimum absolute atomic E-state index is 0.211. The molecule has 90 valence electrons. The molecule has 18 heavy (non-hydrogen) atoms. The third-order valence-electron chi connectivity index (χ3n) is 2.18. The number of nitrogens with zero attached hydrogens (tertiary/aromatic N) is 2. The van der Waals surface area contributed by atoms with E-state index in [9.17, 15) is 4.79 Å². The molecule has 1 aromatic carbocycles. The fraction of sp³-hybridized carbons (Fsp3) is 0.0833. The van der Waals surface area contributed by atoms with Gasteiger partial charge in [-0.25, -0.2) is 0 Å². The molecule has 0 saturated heterocycles. The highest BCUT2D eigenvalue weighted by atomic mass is 32.2. The third kappa shape index (κ3) is 2.90. The standard InChI is InChI=1S/C12H10N4OS/c13-5-6-18-11-4-2-1-3-10(11)12(17)16-9-7-14-15-8-9/h1-4,7-8H,6H2,(H,14,15)(H,16,17). The van der Waals surface area contributed by atoms with Crippen molar-refractivity contribution in [2.75, 3.05) is 11.1 Å². The summed E-state index contributed by atoms with van der Waals surface area (Å²) in [4.78, 5) is 12.8. The molecule has 1 amide bonds. The maximum atomic E-state index is 12.0. The van der Waals surface area contributed by atoms with E-state index in [-0.39, 0.29) is 5.91 Å². The highest BCUT2D eigenvalue weighted by Gasteiger charge is 2.11. The highest BCUT2D eigenvalue weighted by Crippen LogP contribution is 2.22. The van der Waals surface area contributed by atoms with Gasteiger partial charge in [0.15, 0.2) is 0 Å². The number of hydrogen-bond acceptors (Lipinski definition) is 4. The van der Waals surface area contributed by atoms with E-state index in [0.717, 1.165) is 4.90 Å².